The number of anilines is 1. The van der Waals surface area contributed by atoms with E-state index in [-0.39, 0.29) is 24.5 Å². The molecule has 130 valence electrons. The summed E-state index contributed by atoms with van der Waals surface area (Å²) in [6.45, 7) is 7.29. The molecule has 1 saturated heterocycles. The molecule has 0 spiro atoms. The number of amides is 2. The van der Waals surface area contributed by atoms with E-state index in [1.54, 1.807) is 12.1 Å². The van der Waals surface area contributed by atoms with Crippen molar-refractivity contribution >= 4 is 31.8 Å². The largest absolute Gasteiger partial charge is 0.518 e. The minimum atomic E-state index is -2.03. The van der Waals surface area contributed by atoms with Crippen molar-refractivity contribution in [3.63, 3.8) is 0 Å². The van der Waals surface area contributed by atoms with E-state index < -0.39 is 14.4 Å². The van der Waals surface area contributed by atoms with Crippen LogP contribution in [0.4, 0.5) is 5.69 Å². The first-order chi connectivity index (χ1) is 11.2. The number of hydrogen-bond donors (Lipinski definition) is 0. The highest BCUT2D eigenvalue weighted by Gasteiger charge is 2.39. The highest BCUT2D eigenvalue weighted by Crippen LogP contribution is 2.24. The standard InChI is InChI=1S/C17H24N2O4Si/c1-13(20)18(14-8-6-5-7-9-14)12-19-15(10-11-16(19)21)17(22)23-24(2,3)4/h5-9,15H,10-12H2,1-4H3. The molecule has 0 saturated carbocycles. The van der Waals surface area contributed by atoms with Crippen molar-refractivity contribution in [3.8, 4) is 0 Å². The lowest BCUT2D eigenvalue weighted by Crippen LogP contribution is -2.49. The van der Waals surface area contributed by atoms with Gasteiger partial charge in [-0.3, -0.25) is 19.3 Å². The first-order valence-electron chi connectivity index (χ1n) is 8.04. The molecule has 6 nitrogen and oxygen atoms in total. The molecular weight excluding hydrogens is 324 g/mol. The van der Waals surface area contributed by atoms with Gasteiger partial charge in [0.1, 0.15) is 12.7 Å². The fraction of sp³-hybridized carbons (Fsp3) is 0.471. The van der Waals surface area contributed by atoms with Gasteiger partial charge in [-0.1, -0.05) is 18.2 Å². The molecule has 1 atom stereocenters. The predicted octanol–water partition coefficient (Wildman–Crippen LogP) is 2.37. The number of carbonyl (C=O) groups is 3. The molecule has 7 heteroatoms. The van der Waals surface area contributed by atoms with E-state index in [4.69, 9.17) is 4.43 Å². The lowest BCUT2D eigenvalue weighted by molar-refractivity contribution is -0.144. The van der Waals surface area contributed by atoms with Gasteiger partial charge in [-0.15, -0.1) is 0 Å². The van der Waals surface area contributed by atoms with Crippen molar-refractivity contribution in [1.29, 1.82) is 0 Å². The molecule has 1 fully saturated rings. The van der Waals surface area contributed by atoms with Crippen molar-refractivity contribution in [3.05, 3.63) is 30.3 Å². The van der Waals surface area contributed by atoms with Crippen molar-refractivity contribution in [1.82, 2.24) is 4.90 Å². The lowest BCUT2D eigenvalue weighted by atomic mass is 10.2. The number of likely N-dealkylation sites (tertiary alicyclic amines) is 1. The van der Waals surface area contributed by atoms with Crippen LogP contribution in [0.5, 0.6) is 0 Å². The minimum absolute atomic E-state index is 0.0592. The normalized spacial score (nSPS) is 17.8. The number of carbonyl (C=O) groups excluding carboxylic acids is 3. The van der Waals surface area contributed by atoms with E-state index in [1.807, 2.05) is 37.8 Å². The Morgan fingerprint density at radius 3 is 2.42 bits per heavy atom. The SMILES string of the molecule is CC(=O)N(CN1C(=O)CCC1C(=O)O[Si](C)(C)C)c1ccccc1. The third-order valence-corrected chi connectivity index (χ3v) is 4.56. The molecule has 24 heavy (non-hydrogen) atoms. The zero-order chi connectivity index (χ0) is 17.9. The summed E-state index contributed by atoms with van der Waals surface area (Å²) in [5.74, 6) is -0.676. The molecule has 1 unspecified atom stereocenters. The van der Waals surface area contributed by atoms with Crippen LogP contribution in [0.3, 0.4) is 0 Å². The minimum Gasteiger partial charge on any atom is -0.518 e. The van der Waals surface area contributed by atoms with Crippen LogP contribution in [0, 0.1) is 0 Å². The predicted molar refractivity (Wildman–Crippen MR) is 93.8 cm³/mol. The summed E-state index contributed by atoms with van der Waals surface area (Å²) in [5, 5.41) is 0. The quantitative estimate of drug-likeness (QED) is 0.766. The highest BCUT2D eigenvalue weighted by atomic mass is 28.4. The third kappa shape index (κ3) is 4.44. The molecule has 0 bridgehead atoms. The molecule has 0 aromatic heterocycles. The molecule has 1 aromatic rings. The first kappa shape index (κ1) is 18.2. The molecule has 2 rings (SSSR count). The van der Waals surface area contributed by atoms with Crippen molar-refractivity contribution in [2.24, 2.45) is 0 Å². The second kappa shape index (κ2) is 7.17. The van der Waals surface area contributed by atoms with E-state index in [2.05, 4.69) is 0 Å². The van der Waals surface area contributed by atoms with Gasteiger partial charge in [0.25, 0.3) is 0 Å². The molecule has 1 heterocycles. The summed E-state index contributed by atoms with van der Waals surface area (Å²) < 4.78 is 5.55. The fourth-order valence-electron chi connectivity index (χ4n) is 2.65. The Bertz CT molecular complexity index is 627. The fourth-order valence-corrected chi connectivity index (χ4v) is 3.39. The maximum Gasteiger partial charge on any atom is 0.315 e. The second-order valence-electron chi connectivity index (χ2n) is 6.88. The van der Waals surface area contributed by atoms with Gasteiger partial charge in [0.2, 0.25) is 20.1 Å². The van der Waals surface area contributed by atoms with Gasteiger partial charge in [-0.25, -0.2) is 0 Å². The molecule has 1 aliphatic heterocycles. The van der Waals surface area contributed by atoms with E-state index in [9.17, 15) is 14.4 Å². The van der Waals surface area contributed by atoms with E-state index in [1.165, 1.54) is 16.7 Å². The number of nitrogens with zero attached hydrogens (tertiary/aromatic N) is 2. The van der Waals surface area contributed by atoms with Gasteiger partial charge in [0.15, 0.2) is 0 Å². The zero-order valence-electron chi connectivity index (χ0n) is 14.6. The number of para-hydroxylation sites is 1. The summed E-state index contributed by atoms with van der Waals surface area (Å²) >= 11 is 0. The first-order valence-corrected chi connectivity index (χ1v) is 11.5. The smallest absolute Gasteiger partial charge is 0.315 e. The second-order valence-corrected chi connectivity index (χ2v) is 11.3. The summed E-state index contributed by atoms with van der Waals surface area (Å²) in [4.78, 5) is 39.6. The molecule has 0 aliphatic carbocycles. The van der Waals surface area contributed by atoms with Crippen molar-refractivity contribution < 1.29 is 18.8 Å². The van der Waals surface area contributed by atoms with Crippen LogP contribution in [-0.2, 0) is 18.8 Å². The summed E-state index contributed by atoms with van der Waals surface area (Å²) in [5.41, 5.74) is 0.696. The maximum atomic E-state index is 12.4. The van der Waals surface area contributed by atoms with E-state index >= 15 is 0 Å². The molecule has 0 radical (unpaired) electrons. The van der Waals surface area contributed by atoms with Crippen LogP contribution >= 0.6 is 0 Å². The Kier molecular flexibility index (Phi) is 5.43. The molecule has 2 amide bonds. The average molecular weight is 348 g/mol. The summed E-state index contributed by atoms with van der Waals surface area (Å²) in [7, 11) is -2.03. The Hall–Kier alpha value is -2.15. The van der Waals surface area contributed by atoms with Gasteiger partial charge < -0.3 is 9.33 Å². The van der Waals surface area contributed by atoms with Crippen LogP contribution in [0.15, 0.2) is 30.3 Å². The Labute approximate surface area is 143 Å². The summed E-state index contributed by atoms with van der Waals surface area (Å²) in [6, 6.07) is 8.50. The van der Waals surface area contributed by atoms with Gasteiger partial charge in [-0.05, 0) is 38.2 Å². The monoisotopic (exact) mass is 348 g/mol. The Morgan fingerprint density at radius 2 is 1.88 bits per heavy atom. The van der Waals surface area contributed by atoms with Crippen LogP contribution in [0.2, 0.25) is 19.6 Å². The van der Waals surface area contributed by atoms with Gasteiger partial charge in [0, 0.05) is 19.0 Å². The number of hydrogen-bond acceptors (Lipinski definition) is 4. The van der Waals surface area contributed by atoms with E-state index in [0.29, 0.717) is 18.5 Å². The topological polar surface area (TPSA) is 66.9 Å². The highest BCUT2D eigenvalue weighted by molar-refractivity contribution is 6.71. The van der Waals surface area contributed by atoms with Gasteiger partial charge >= 0.3 is 5.97 Å². The third-order valence-electron chi connectivity index (χ3n) is 3.75. The van der Waals surface area contributed by atoms with E-state index in [0.717, 1.165) is 0 Å². The van der Waals surface area contributed by atoms with Crippen LogP contribution in [0.25, 0.3) is 0 Å². The van der Waals surface area contributed by atoms with Gasteiger partial charge in [0.05, 0.1) is 0 Å². The van der Waals surface area contributed by atoms with Crippen molar-refractivity contribution in [2.75, 3.05) is 11.6 Å². The molecule has 1 aliphatic rings. The molecule has 0 N–H and O–H groups in total. The van der Waals surface area contributed by atoms with Crippen LogP contribution in [-0.4, -0.2) is 43.7 Å². The average Bonchev–Trinajstić information content (AvgIpc) is 2.84. The molecular formula is C17H24N2O4Si. The maximum absolute atomic E-state index is 12.4. The molecule has 1 aromatic carbocycles. The van der Waals surface area contributed by atoms with Crippen LogP contribution < -0.4 is 4.90 Å². The van der Waals surface area contributed by atoms with Crippen LogP contribution in [0.1, 0.15) is 19.8 Å². The number of rotatable bonds is 5. The summed E-state index contributed by atoms with van der Waals surface area (Å²) in [6.07, 6.45) is 0.731. The lowest BCUT2D eigenvalue weighted by Gasteiger charge is -2.31. The zero-order valence-corrected chi connectivity index (χ0v) is 15.6. The number of benzene rings is 1. The van der Waals surface area contributed by atoms with Gasteiger partial charge in [-0.2, -0.15) is 0 Å². The Balaban J connectivity index is 2.19. The Morgan fingerprint density at radius 1 is 1.25 bits per heavy atom. The van der Waals surface area contributed by atoms with Crippen molar-refractivity contribution in [2.45, 2.75) is 45.4 Å².